The van der Waals surface area contributed by atoms with E-state index in [1.165, 1.54) is 11.1 Å². The zero-order chi connectivity index (χ0) is 45.8. The molecule has 0 bridgehead atoms. The molecule has 8 nitrogen and oxygen atoms in total. The van der Waals surface area contributed by atoms with E-state index in [1.54, 1.807) is 0 Å². The molecule has 0 saturated carbocycles. The van der Waals surface area contributed by atoms with Crippen molar-refractivity contribution >= 4 is 16.6 Å². The first-order valence-electron chi connectivity index (χ1n) is 22.2. The number of hydrogen-bond donors (Lipinski definition) is 4. The molecule has 0 aliphatic rings. The van der Waals surface area contributed by atoms with Gasteiger partial charge in [0.2, 0.25) is 0 Å². The molecule has 60 heavy (non-hydrogen) atoms. The molecule has 10 heteroatoms. The van der Waals surface area contributed by atoms with Gasteiger partial charge in [-0.05, 0) is 79.5 Å². The van der Waals surface area contributed by atoms with Crippen LogP contribution < -0.4 is 0 Å². The van der Waals surface area contributed by atoms with Crippen molar-refractivity contribution in [3.8, 4) is 23.7 Å². The average molecular weight is 871 g/mol. The summed E-state index contributed by atoms with van der Waals surface area (Å²) in [5.74, 6) is 13.2. The summed E-state index contributed by atoms with van der Waals surface area (Å²) < 4.78 is 25.4. The second kappa shape index (κ2) is 30.7. The van der Waals surface area contributed by atoms with Crippen molar-refractivity contribution in [2.45, 2.75) is 181 Å². The highest BCUT2D eigenvalue weighted by molar-refractivity contribution is 6.74. The summed E-state index contributed by atoms with van der Waals surface area (Å²) in [6.45, 7) is 31.2. The maximum Gasteiger partial charge on any atom is 0.192 e. The molecule has 0 amide bonds. The Balaban J connectivity index is 0.00000111. The van der Waals surface area contributed by atoms with Gasteiger partial charge in [-0.15, -0.1) is 11.8 Å². The highest BCUT2D eigenvalue weighted by atomic mass is 28.4. The van der Waals surface area contributed by atoms with Crippen LogP contribution in [0.25, 0.3) is 0 Å². The Labute approximate surface area is 369 Å². The SMILES string of the molecule is CC[C@@H](O)CC#C[C@@H](CC)[C@H](CCOCc1ccccc1)O[Si](C)(C)C(C)(C)C.CC[C@H](C#CC[C@H](O)CO)[C@H](CCOCc1ccccc1)O[Si](C)(C)C(C)(C)C.CO. The molecule has 342 valence electrons. The molecule has 0 radical (unpaired) electrons. The Kier molecular flexibility index (Phi) is 29.5. The van der Waals surface area contributed by atoms with Crippen LogP contribution in [-0.2, 0) is 31.5 Å². The van der Waals surface area contributed by atoms with Crippen LogP contribution in [0.4, 0.5) is 0 Å². The minimum Gasteiger partial charge on any atom is -0.413 e. The maximum absolute atomic E-state index is 9.81. The standard InChI is InChI=1S/C25H42O3Si.C24H40O4Si.CH4O/c1-8-22(16-13-17-23(26)9-2)24(28-29(6,7)25(3,4)5)18-19-27-20-21-14-11-10-12-15-21;1-7-21(14-11-15-22(26)18-25)23(28-29(5,6)24(2,3)4)16-17-27-19-20-12-9-8-10-13-20;1-2/h10-12,14-15,22-24,26H,8-9,17-20H2,1-7H3;8-10,12-13,21-23,25-26H,7,15-19H2,1-6H3;2H,1H3/t22-,23-,24+;21-,22+,23+;/m11./s1. The Morgan fingerprint density at radius 2 is 0.917 bits per heavy atom. The summed E-state index contributed by atoms with van der Waals surface area (Å²) >= 11 is 0. The van der Waals surface area contributed by atoms with Gasteiger partial charge in [0.25, 0.3) is 0 Å². The second-order valence-electron chi connectivity index (χ2n) is 18.5. The van der Waals surface area contributed by atoms with E-state index in [4.69, 9.17) is 28.5 Å². The van der Waals surface area contributed by atoms with Gasteiger partial charge in [0.1, 0.15) is 0 Å². The molecule has 2 rings (SSSR count). The third kappa shape index (κ3) is 23.8. The van der Waals surface area contributed by atoms with Gasteiger partial charge in [0, 0.05) is 45.0 Å². The molecule has 6 atom stereocenters. The zero-order valence-corrected chi connectivity index (χ0v) is 42.1. The van der Waals surface area contributed by atoms with Crippen molar-refractivity contribution in [3.05, 3.63) is 71.8 Å². The van der Waals surface area contributed by atoms with Crippen molar-refractivity contribution in [2.24, 2.45) is 11.8 Å². The first-order valence-corrected chi connectivity index (χ1v) is 28.0. The van der Waals surface area contributed by atoms with Gasteiger partial charge in [0.15, 0.2) is 16.6 Å². The molecule has 0 heterocycles. The summed E-state index contributed by atoms with van der Waals surface area (Å²) in [6, 6.07) is 20.4. The highest BCUT2D eigenvalue weighted by Gasteiger charge is 2.41. The van der Waals surface area contributed by atoms with Crippen LogP contribution in [0.2, 0.25) is 36.3 Å². The van der Waals surface area contributed by atoms with Gasteiger partial charge in [0.05, 0.1) is 44.2 Å². The van der Waals surface area contributed by atoms with Crippen molar-refractivity contribution < 1.29 is 38.8 Å². The monoisotopic (exact) mass is 871 g/mol. The van der Waals surface area contributed by atoms with E-state index in [0.29, 0.717) is 32.8 Å². The first-order chi connectivity index (χ1) is 28.2. The van der Waals surface area contributed by atoms with E-state index in [1.807, 2.05) is 43.3 Å². The largest absolute Gasteiger partial charge is 0.413 e. The lowest BCUT2D eigenvalue weighted by atomic mass is 9.97. The number of aliphatic hydroxyl groups is 4. The molecule has 0 spiro atoms. The maximum atomic E-state index is 9.81. The molecule has 0 aliphatic carbocycles. The molecule has 2 aromatic carbocycles. The quantitative estimate of drug-likeness (QED) is 0.0525. The molecule has 0 unspecified atom stereocenters. The average Bonchev–Trinajstić information content (AvgIpc) is 3.21. The summed E-state index contributed by atoms with van der Waals surface area (Å²) in [4.78, 5) is 0. The number of hydrogen-bond acceptors (Lipinski definition) is 8. The fraction of sp³-hybridized carbons (Fsp3) is 0.680. The van der Waals surface area contributed by atoms with Crippen molar-refractivity contribution in [1.82, 2.24) is 0 Å². The fourth-order valence-corrected chi connectivity index (χ4v) is 8.25. The molecule has 0 aliphatic heterocycles. The van der Waals surface area contributed by atoms with Gasteiger partial charge < -0.3 is 38.8 Å². The summed E-state index contributed by atoms with van der Waals surface area (Å²) in [7, 11) is -2.86. The third-order valence-corrected chi connectivity index (χ3v) is 20.5. The molecule has 2 aromatic rings. The van der Waals surface area contributed by atoms with E-state index < -0.39 is 22.7 Å². The zero-order valence-electron chi connectivity index (χ0n) is 40.1. The molecule has 0 fully saturated rings. The Morgan fingerprint density at radius 1 is 0.567 bits per heavy atom. The fourth-order valence-electron chi connectivity index (χ4n) is 5.46. The van der Waals surface area contributed by atoms with Crippen LogP contribution in [0.1, 0.15) is 118 Å². The van der Waals surface area contributed by atoms with Gasteiger partial charge in [-0.2, -0.15) is 0 Å². The van der Waals surface area contributed by atoms with Crippen LogP contribution >= 0.6 is 0 Å². The summed E-state index contributed by atoms with van der Waals surface area (Å²) in [5, 5.41) is 35.6. The molecule has 0 saturated heterocycles. The number of rotatable bonds is 22. The van der Waals surface area contributed by atoms with E-state index >= 15 is 0 Å². The minimum atomic E-state index is -1.95. The van der Waals surface area contributed by atoms with Crippen molar-refractivity contribution in [3.63, 3.8) is 0 Å². The molecule has 0 aromatic heterocycles. The van der Waals surface area contributed by atoms with Gasteiger partial charge in [-0.25, -0.2) is 0 Å². The Bertz CT molecular complexity index is 1370. The Morgan fingerprint density at radius 3 is 1.22 bits per heavy atom. The van der Waals surface area contributed by atoms with Gasteiger partial charge >= 0.3 is 0 Å². The molecule has 4 N–H and O–H groups in total. The third-order valence-electron chi connectivity index (χ3n) is 11.5. The Hall–Kier alpha value is -2.33. The van der Waals surface area contributed by atoms with Crippen molar-refractivity contribution in [1.29, 1.82) is 0 Å². The number of ether oxygens (including phenoxy) is 2. The van der Waals surface area contributed by atoms with Gasteiger partial charge in [-0.3, -0.25) is 0 Å². The predicted molar refractivity (Wildman–Crippen MR) is 255 cm³/mol. The van der Waals surface area contributed by atoms with Crippen molar-refractivity contribution in [2.75, 3.05) is 26.9 Å². The van der Waals surface area contributed by atoms with E-state index in [0.717, 1.165) is 39.2 Å². The smallest absolute Gasteiger partial charge is 0.192 e. The topological polar surface area (TPSA) is 118 Å². The summed E-state index contributed by atoms with van der Waals surface area (Å²) in [5.41, 5.74) is 2.36. The van der Waals surface area contributed by atoms with E-state index in [2.05, 4.69) is 130 Å². The summed E-state index contributed by atoms with van der Waals surface area (Å²) in [6.07, 6.45) is 3.92. The first kappa shape index (κ1) is 57.7. The predicted octanol–water partition coefficient (Wildman–Crippen LogP) is 10.5. The van der Waals surface area contributed by atoms with Crippen LogP contribution in [-0.4, -0.2) is 88.4 Å². The lowest BCUT2D eigenvalue weighted by molar-refractivity contribution is 0.0617. The number of benzene rings is 2. The minimum absolute atomic E-state index is 0.00423. The van der Waals surface area contributed by atoms with E-state index in [9.17, 15) is 10.2 Å². The molecular weight excluding hydrogens is 785 g/mol. The van der Waals surface area contributed by atoms with Crippen LogP contribution in [0.5, 0.6) is 0 Å². The van der Waals surface area contributed by atoms with Crippen LogP contribution in [0.3, 0.4) is 0 Å². The lowest BCUT2D eigenvalue weighted by Crippen LogP contribution is -2.46. The van der Waals surface area contributed by atoms with E-state index in [-0.39, 0.29) is 53.3 Å². The van der Waals surface area contributed by atoms with Crippen LogP contribution in [0, 0.1) is 35.5 Å². The van der Waals surface area contributed by atoms with Gasteiger partial charge in [-0.1, -0.05) is 135 Å². The normalized spacial score (nSPS) is 14.9. The second-order valence-corrected chi connectivity index (χ2v) is 28.0. The molecular formula is C50H86O8Si2. The number of aliphatic hydroxyl groups excluding tert-OH is 4. The highest BCUT2D eigenvalue weighted by Crippen LogP contribution is 2.40. The van der Waals surface area contributed by atoms with Crippen LogP contribution in [0.15, 0.2) is 60.7 Å². The lowest BCUT2D eigenvalue weighted by Gasteiger charge is -2.40.